The van der Waals surface area contributed by atoms with Gasteiger partial charge in [0.15, 0.2) is 0 Å². The van der Waals surface area contributed by atoms with Crippen molar-refractivity contribution in [2.75, 3.05) is 44.6 Å². The maximum atomic E-state index is 12.6. The smallest absolute Gasteiger partial charge is 0.328 e. The molecule has 3 saturated heterocycles. The molecule has 5 rings (SSSR count). The van der Waals surface area contributed by atoms with Crippen molar-refractivity contribution < 1.29 is 4.79 Å². The molecule has 1 aromatic carbocycles. The van der Waals surface area contributed by atoms with E-state index < -0.39 is 5.69 Å². The van der Waals surface area contributed by atoms with E-state index in [4.69, 9.17) is 5.73 Å². The van der Waals surface area contributed by atoms with Gasteiger partial charge >= 0.3 is 11.7 Å². The maximum absolute atomic E-state index is 12.6. The first kappa shape index (κ1) is 21.1. The second kappa shape index (κ2) is 9.01. The largest absolute Gasteiger partial charge is 0.354 e. The highest BCUT2D eigenvalue weighted by molar-refractivity contribution is 5.88. The summed E-state index contributed by atoms with van der Waals surface area (Å²) < 4.78 is 1.49. The first-order valence-corrected chi connectivity index (χ1v) is 11.5. The molecule has 2 amide bonds. The minimum atomic E-state index is -0.414. The first-order valence-electron chi connectivity index (χ1n) is 11.5. The summed E-state index contributed by atoms with van der Waals surface area (Å²) in [6.07, 6.45) is 3.74. The number of likely N-dealkylation sites (tertiary alicyclic amines) is 2. The van der Waals surface area contributed by atoms with Crippen LogP contribution in [-0.2, 0) is 6.54 Å². The summed E-state index contributed by atoms with van der Waals surface area (Å²) in [4.78, 5) is 33.5. The Balaban J connectivity index is 1.20. The van der Waals surface area contributed by atoms with Crippen molar-refractivity contribution in [3.8, 4) is 5.69 Å². The molecule has 170 valence electrons. The zero-order valence-corrected chi connectivity index (χ0v) is 18.2. The van der Waals surface area contributed by atoms with Crippen LogP contribution < -0.4 is 22.1 Å². The normalized spacial score (nSPS) is 24.0. The van der Waals surface area contributed by atoms with Gasteiger partial charge in [-0.05, 0) is 61.5 Å². The van der Waals surface area contributed by atoms with Gasteiger partial charge in [0.2, 0.25) is 0 Å². The number of nitrogens with one attached hydrogen (secondary N) is 2. The Morgan fingerprint density at radius 3 is 2.44 bits per heavy atom. The van der Waals surface area contributed by atoms with Crippen molar-refractivity contribution in [3.63, 3.8) is 0 Å². The average Bonchev–Trinajstić information content (AvgIpc) is 3.39. The Hall–Kier alpha value is -2.75. The van der Waals surface area contributed by atoms with Crippen molar-refractivity contribution in [2.24, 2.45) is 17.6 Å². The van der Waals surface area contributed by atoms with Crippen molar-refractivity contribution >= 4 is 11.8 Å². The SMILES string of the molecule is NC1CCN(Cc2ccc(-n3ccc(NC(=O)N4C[C@H]5CNC[C@H]5C4)nc3=O)cc2)CC1. The van der Waals surface area contributed by atoms with Crippen LogP contribution in [0.3, 0.4) is 0 Å². The van der Waals surface area contributed by atoms with Crippen LogP contribution in [-0.4, -0.2) is 70.7 Å². The summed E-state index contributed by atoms with van der Waals surface area (Å²) in [6.45, 7) is 6.36. The fraction of sp³-hybridized carbons (Fsp3) is 0.522. The van der Waals surface area contributed by atoms with Crippen molar-refractivity contribution in [1.82, 2.24) is 24.7 Å². The molecule has 0 unspecified atom stereocenters. The van der Waals surface area contributed by atoms with Gasteiger partial charge in [-0.15, -0.1) is 0 Å². The number of hydrogen-bond donors (Lipinski definition) is 3. The third kappa shape index (κ3) is 4.55. The number of benzene rings is 1. The van der Waals surface area contributed by atoms with Gasteiger partial charge in [0.25, 0.3) is 0 Å². The lowest BCUT2D eigenvalue weighted by Crippen LogP contribution is -2.39. The third-order valence-corrected chi connectivity index (χ3v) is 6.97. The van der Waals surface area contributed by atoms with E-state index in [0.29, 0.717) is 17.9 Å². The lowest BCUT2D eigenvalue weighted by Gasteiger charge is -2.30. The highest BCUT2D eigenvalue weighted by Gasteiger charge is 2.38. The van der Waals surface area contributed by atoms with Crippen LogP contribution in [0.15, 0.2) is 41.3 Å². The molecular weight excluding hydrogens is 406 g/mol. The summed E-state index contributed by atoms with van der Waals surface area (Å²) in [7, 11) is 0. The molecule has 3 fully saturated rings. The lowest BCUT2D eigenvalue weighted by molar-refractivity contribution is 0.205. The highest BCUT2D eigenvalue weighted by atomic mass is 16.2. The fourth-order valence-corrected chi connectivity index (χ4v) is 5.01. The third-order valence-electron chi connectivity index (χ3n) is 6.97. The van der Waals surface area contributed by atoms with Crippen LogP contribution in [0, 0.1) is 11.8 Å². The average molecular weight is 438 g/mol. The maximum Gasteiger partial charge on any atom is 0.354 e. The Labute approximate surface area is 187 Å². The molecule has 0 radical (unpaired) electrons. The number of nitrogens with two attached hydrogens (primary N) is 1. The van der Waals surface area contributed by atoms with E-state index >= 15 is 0 Å². The standard InChI is InChI=1S/C23H31N7O2/c24-19-5-8-28(9-6-19)13-16-1-3-20(4-2-16)30-10-7-21(27-23(30)32)26-22(31)29-14-17-11-25-12-18(17)15-29/h1-4,7,10,17-19,25H,5-6,8-9,11-15,24H2,(H,26,27,31,32)/t17-,18+. The first-order chi connectivity index (χ1) is 15.5. The van der Waals surface area contributed by atoms with Gasteiger partial charge in [0, 0.05) is 45.0 Å². The van der Waals surface area contributed by atoms with Crippen molar-refractivity contribution in [2.45, 2.75) is 25.4 Å². The van der Waals surface area contributed by atoms with Crippen LogP contribution in [0.4, 0.5) is 10.6 Å². The molecule has 32 heavy (non-hydrogen) atoms. The predicted octanol–water partition coefficient (Wildman–Crippen LogP) is 0.839. The molecule has 9 nitrogen and oxygen atoms in total. The number of anilines is 1. The molecule has 9 heteroatoms. The van der Waals surface area contributed by atoms with Gasteiger partial charge < -0.3 is 16.0 Å². The number of carbonyl (C=O) groups is 1. The van der Waals surface area contributed by atoms with E-state index in [9.17, 15) is 9.59 Å². The summed E-state index contributed by atoms with van der Waals surface area (Å²) >= 11 is 0. The minimum absolute atomic E-state index is 0.188. The predicted molar refractivity (Wildman–Crippen MR) is 123 cm³/mol. The molecule has 2 atom stereocenters. The second-order valence-electron chi connectivity index (χ2n) is 9.26. The number of piperidine rings is 1. The summed E-state index contributed by atoms with van der Waals surface area (Å²) in [6, 6.07) is 9.77. The van der Waals surface area contributed by atoms with Crippen molar-refractivity contribution in [3.05, 3.63) is 52.6 Å². The second-order valence-corrected chi connectivity index (χ2v) is 9.26. The van der Waals surface area contributed by atoms with Gasteiger partial charge in [-0.1, -0.05) is 12.1 Å². The van der Waals surface area contributed by atoms with Gasteiger partial charge in [-0.2, -0.15) is 4.98 Å². The molecule has 1 aromatic heterocycles. The number of rotatable bonds is 4. The zero-order valence-electron chi connectivity index (χ0n) is 18.2. The number of hydrogen-bond acceptors (Lipinski definition) is 6. The number of urea groups is 1. The van der Waals surface area contributed by atoms with Crippen LogP contribution in [0.2, 0.25) is 0 Å². The van der Waals surface area contributed by atoms with Crippen LogP contribution in [0.1, 0.15) is 18.4 Å². The molecule has 4 N–H and O–H groups in total. The number of carbonyl (C=O) groups excluding carboxylic acids is 1. The molecule has 0 aliphatic carbocycles. The monoisotopic (exact) mass is 437 g/mol. The van der Waals surface area contributed by atoms with Gasteiger partial charge in [0.05, 0.1) is 5.69 Å². The van der Waals surface area contributed by atoms with Crippen LogP contribution in [0.25, 0.3) is 5.69 Å². The molecule has 0 bridgehead atoms. The van der Waals surface area contributed by atoms with E-state index in [1.165, 1.54) is 10.1 Å². The number of aromatic nitrogens is 2. The Bertz CT molecular complexity index is 1000. The summed E-state index contributed by atoms with van der Waals surface area (Å²) in [5, 5.41) is 6.14. The minimum Gasteiger partial charge on any atom is -0.328 e. The molecular formula is C23H31N7O2. The van der Waals surface area contributed by atoms with E-state index in [1.807, 2.05) is 29.2 Å². The molecule has 2 aromatic rings. The number of nitrogens with zero attached hydrogens (tertiary/aromatic N) is 4. The van der Waals surface area contributed by atoms with Gasteiger partial charge in [-0.25, -0.2) is 9.59 Å². The zero-order chi connectivity index (χ0) is 22.1. The fourth-order valence-electron chi connectivity index (χ4n) is 5.01. The summed E-state index contributed by atoms with van der Waals surface area (Å²) in [5.41, 5.74) is 7.53. The quantitative estimate of drug-likeness (QED) is 0.654. The topological polar surface area (TPSA) is 109 Å². The Morgan fingerprint density at radius 2 is 1.78 bits per heavy atom. The molecule has 0 saturated carbocycles. The molecule has 3 aliphatic heterocycles. The van der Waals surface area contributed by atoms with Crippen molar-refractivity contribution in [1.29, 1.82) is 0 Å². The van der Waals surface area contributed by atoms with E-state index in [2.05, 4.69) is 20.5 Å². The van der Waals surface area contributed by atoms with E-state index in [1.54, 1.807) is 12.3 Å². The highest BCUT2D eigenvalue weighted by Crippen LogP contribution is 2.26. The molecule has 4 heterocycles. The molecule has 3 aliphatic rings. The van der Waals surface area contributed by atoms with Gasteiger partial charge in [0.1, 0.15) is 5.82 Å². The Kier molecular flexibility index (Phi) is 5.95. The number of amides is 2. The number of fused-ring (bicyclic) bond motifs is 1. The molecule has 0 spiro atoms. The lowest BCUT2D eigenvalue weighted by atomic mass is 10.0. The van der Waals surface area contributed by atoms with Crippen LogP contribution in [0.5, 0.6) is 0 Å². The Morgan fingerprint density at radius 1 is 1.09 bits per heavy atom. The van der Waals surface area contributed by atoms with Gasteiger partial charge in [-0.3, -0.25) is 14.8 Å². The summed E-state index contributed by atoms with van der Waals surface area (Å²) in [5.74, 6) is 1.33. The van der Waals surface area contributed by atoms with Crippen LogP contribution >= 0.6 is 0 Å². The van der Waals surface area contributed by atoms with E-state index in [0.717, 1.165) is 64.3 Å². The van der Waals surface area contributed by atoms with E-state index in [-0.39, 0.29) is 11.8 Å².